The molecule has 1 aromatic carbocycles. The van der Waals surface area contributed by atoms with Crippen molar-refractivity contribution in [3.8, 4) is 6.07 Å². The summed E-state index contributed by atoms with van der Waals surface area (Å²) < 4.78 is 27.4. The zero-order valence-corrected chi connectivity index (χ0v) is 18.4. The smallest absolute Gasteiger partial charge is 0.267 e. The van der Waals surface area contributed by atoms with Crippen molar-refractivity contribution < 1.29 is 13.2 Å². The van der Waals surface area contributed by atoms with E-state index >= 15 is 0 Å². The molecule has 33 heavy (non-hydrogen) atoms. The van der Waals surface area contributed by atoms with Gasteiger partial charge in [0.15, 0.2) is 0 Å². The van der Waals surface area contributed by atoms with Crippen LogP contribution in [0.1, 0.15) is 18.4 Å². The number of rotatable bonds is 5. The number of fused-ring (bicyclic) bond motifs is 1. The lowest BCUT2D eigenvalue weighted by Gasteiger charge is -2.32. The Morgan fingerprint density at radius 3 is 2.42 bits per heavy atom. The van der Waals surface area contributed by atoms with Crippen molar-refractivity contribution in [1.29, 1.82) is 5.26 Å². The van der Waals surface area contributed by atoms with Gasteiger partial charge in [-0.25, -0.2) is 13.4 Å². The summed E-state index contributed by atoms with van der Waals surface area (Å²) >= 11 is 0. The average molecular weight is 464 g/mol. The highest BCUT2D eigenvalue weighted by Crippen LogP contribution is 2.27. The summed E-state index contributed by atoms with van der Waals surface area (Å²) in [6.07, 6.45) is 3.60. The van der Waals surface area contributed by atoms with E-state index in [-0.39, 0.29) is 28.1 Å². The molecule has 1 fully saturated rings. The van der Waals surface area contributed by atoms with Crippen LogP contribution >= 0.6 is 0 Å². The molecule has 1 amide bonds. The second kappa shape index (κ2) is 8.88. The molecule has 0 aliphatic carbocycles. The van der Waals surface area contributed by atoms with Crippen LogP contribution in [-0.2, 0) is 14.6 Å². The number of anilines is 1. The Bertz CT molecular complexity index is 1450. The van der Waals surface area contributed by atoms with Crippen molar-refractivity contribution in [3.63, 3.8) is 0 Å². The number of nitriles is 1. The topological polar surface area (TPSA) is 139 Å². The second-order valence-corrected chi connectivity index (χ2v) is 9.60. The minimum atomic E-state index is -4.14. The molecule has 168 valence electrons. The molecule has 1 aliphatic heterocycles. The largest absolute Gasteiger partial charge is 0.369 e. The van der Waals surface area contributed by atoms with E-state index in [1.54, 1.807) is 42.5 Å². The molecule has 0 atom stereocenters. The number of nitrogens with zero attached hydrogens (tertiary/aromatic N) is 4. The summed E-state index contributed by atoms with van der Waals surface area (Å²) in [5, 5.41) is 9.69. The first-order chi connectivity index (χ1) is 15.8. The van der Waals surface area contributed by atoms with Crippen molar-refractivity contribution in [2.24, 2.45) is 11.7 Å². The molecular weight excluding hydrogens is 442 g/mol. The zero-order valence-electron chi connectivity index (χ0n) is 17.6. The van der Waals surface area contributed by atoms with E-state index in [2.05, 4.69) is 4.98 Å². The van der Waals surface area contributed by atoms with Gasteiger partial charge < -0.3 is 10.6 Å². The number of benzene rings is 1. The molecule has 3 aromatic rings. The maximum absolute atomic E-state index is 13.4. The van der Waals surface area contributed by atoms with Gasteiger partial charge in [0.1, 0.15) is 22.4 Å². The van der Waals surface area contributed by atoms with Gasteiger partial charge in [0.25, 0.3) is 5.56 Å². The van der Waals surface area contributed by atoms with Crippen LogP contribution in [0.5, 0.6) is 0 Å². The Labute approximate surface area is 190 Å². The Morgan fingerprint density at radius 2 is 1.79 bits per heavy atom. The van der Waals surface area contributed by atoms with Crippen molar-refractivity contribution in [3.05, 3.63) is 75.6 Å². The van der Waals surface area contributed by atoms with Gasteiger partial charge in [0.05, 0.1) is 10.5 Å². The van der Waals surface area contributed by atoms with Crippen LogP contribution in [0.4, 0.5) is 5.82 Å². The monoisotopic (exact) mass is 463 g/mol. The average Bonchev–Trinajstić information content (AvgIpc) is 2.84. The maximum Gasteiger partial charge on any atom is 0.267 e. The molecule has 10 heteroatoms. The van der Waals surface area contributed by atoms with Crippen molar-refractivity contribution >= 4 is 33.3 Å². The predicted octanol–water partition coefficient (Wildman–Crippen LogP) is 1.73. The third kappa shape index (κ3) is 4.23. The highest BCUT2D eigenvalue weighted by molar-refractivity contribution is 7.95. The molecule has 1 aliphatic rings. The van der Waals surface area contributed by atoms with Gasteiger partial charge in [0, 0.05) is 25.2 Å². The number of piperidine rings is 1. The van der Waals surface area contributed by atoms with E-state index in [4.69, 9.17) is 5.73 Å². The Morgan fingerprint density at radius 1 is 1.12 bits per heavy atom. The van der Waals surface area contributed by atoms with Gasteiger partial charge in [-0.3, -0.25) is 14.0 Å². The quantitative estimate of drug-likeness (QED) is 0.569. The molecule has 0 saturated carbocycles. The first-order valence-electron chi connectivity index (χ1n) is 10.3. The summed E-state index contributed by atoms with van der Waals surface area (Å²) in [6, 6.07) is 14.4. The van der Waals surface area contributed by atoms with E-state index in [1.165, 1.54) is 22.7 Å². The lowest BCUT2D eigenvalue weighted by molar-refractivity contribution is -0.122. The number of carbonyl (C=O) groups is 1. The number of hydrogen-bond donors (Lipinski definition) is 1. The third-order valence-corrected chi connectivity index (χ3v) is 7.36. The van der Waals surface area contributed by atoms with E-state index in [9.17, 15) is 23.3 Å². The Hall–Kier alpha value is -3.97. The summed E-state index contributed by atoms with van der Waals surface area (Å²) in [6.45, 7) is 0.828. The summed E-state index contributed by atoms with van der Waals surface area (Å²) in [5.41, 5.74) is 5.31. The maximum atomic E-state index is 13.4. The van der Waals surface area contributed by atoms with Gasteiger partial charge in [0.2, 0.25) is 15.7 Å². The zero-order chi connectivity index (χ0) is 23.6. The molecule has 2 N–H and O–H groups in total. The van der Waals surface area contributed by atoms with Crippen molar-refractivity contribution in [2.75, 3.05) is 18.0 Å². The van der Waals surface area contributed by atoms with Gasteiger partial charge in [-0.2, -0.15) is 5.26 Å². The van der Waals surface area contributed by atoms with E-state index in [0.29, 0.717) is 31.6 Å². The minimum Gasteiger partial charge on any atom is -0.369 e. The number of hydrogen-bond acceptors (Lipinski definition) is 7. The van der Waals surface area contributed by atoms with Crippen LogP contribution in [0, 0.1) is 17.2 Å². The van der Waals surface area contributed by atoms with Crippen molar-refractivity contribution in [1.82, 2.24) is 9.38 Å². The number of primary amides is 1. The lowest BCUT2D eigenvalue weighted by Crippen LogP contribution is -2.40. The summed E-state index contributed by atoms with van der Waals surface area (Å²) in [5.74, 6) is -0.373. The number of carbonyl (C=O) groups excluding carboxylic acids is 1. The molecule has 0 spiro atoms. The van der Waals surface area contributed by atoms with Gasteiger partial charge in [-0.15, -0.1) is 0 Å². The summed E-state index contributed by atoms with van der Waals surface area (Å²) in [4.78, 5) is 30.7. The van der Waals surface area contributed by atoms with Crippen LogP contribution in [0.3, 0.4) is 0 Å². The standard InChI is InChI=1S/C23H21N5O4S/c24-15-18(33(31,32)17-6-2-1-3-7-17)14-19-22(27-12-9-16(10-13-27)21(25)29)26-20-8-4-5-11-28(20)23(19)30/h1-8,11,14,16H,9-10,12-13H2,(H2,25,29)/b18-14+. The molecule has 4 rings (SSSR count). The van der Waals surface area contributed by atoms with Crippen LogP contribution in [0.2, 0.25) is 0 Å². The van der Waals surface area contributed by atoms with Crippen LogP contribution < -0.4 is 16.2 Å². The molecule has 0 unspecified atom stereocenters. The van der Waals surface area contributed by atoms with E-state index in [0.717, 1.165) is 6.08 Å². The first kappa shape index (κ1) is 22.2. The highest BCUT2D eigenvalue weighted by Gasteiger charge is 2.28. The second-order valence-electron chi connectivity index (χ2n) is 7.68. The number of pyridine rings is 1. The molecule has 0 radical (unpaired) electrons. The summed E-state index contributed by atoms with van der Waals surface area (Å²) in [7, 11) is -4.14. The third-order valence-electron chi connectivity index (χ3n) is 5.67. The fraction of sp³-hybridized carbons (Fsp3) is 0.217. The number of sulfone groups is 1. The van der Waals surface area contributed by atoms with E-state index in [1.807, 2.05) is 4.90 Å². The van der Waals surface area contributed by atoms with Crippen LogP contribution in [0.15, 0.2) is 69.3 Å². The van der Waals surface area contributed by atoms with Crippen LogP contribution in [-0.4, -0.2) is 36.8 Å². The number of allylic oxidation sites excluding steroid dienone is 1. The molecule has 0 bridgehead atoms. The van der Waals surface area contributed by atoms with Gasteiger partial charge in [-0.1, -0.05) is 24.3 Å². The normalized spacial score (nSPS) is 15.4. The van der Waals surface area contributed by atoms with E-state index < -0.39 is 20.3 Å². The lowest BCUT2D eigenvalue weighted by atomic mass is 9.96. The molecule has 3 heterocycles. The number of aromatic nitrogens is 2. The Balaban J connectivity index is 1.88. The van der Waals surface area contributed by atoms with Gasteiger partial charge in [-0.05, 0) is 43.2 Å². The van der Waals surface area contributed by atoms with Crippen molar-refractivity contribution in [2.45, 2.75) is 17.7 Å². The highest BCUT2D eigenvalue weighted by atomic mass is 32.2. The van der Waals surface area contributed by atoms with Crippen LogP contribution in [0.25, 0.3) is 11.7 Å². The molecule has 1 saturated heterocycles. The molecule has 2 aromatic heterocycles. The molecule has 9 nitrogen and oxygen atoms in total. The number of nitrogens with two attached hydrogens (primary N) is 1. The fourth-order valence-corrected chi connectivity index (χ4v) is 5.02. The Kier molecular flexibility index (Phi) is 5.98. The van der Waals surface area contributed by atoms with Gasteiger partial charge >= 0.3 is 0 Å². The predicted molar refractivity (Wildman–Crippen MR) is 123 cm³/mol. The SMILES string of the molecule is N#C/C(=C\c1c(N2CCC(C(N)=O)CC2)nc2ccccn2c1=O)S(=O)(=O)c1ccccc1. The number of amides is 1. The fourth-order valence-electron chi connectivity index (χ4n) is 3.86. The first-order valence-corrected chi connectivity index (χ1v) is 11.8. The minimum absolute atomic E-state index is 0.00715. The molecular formula is C23H21N5O4S.